The van der Waals surface area contributed by atoms with E-state index in [0.29, 0.717) is 11.3 Å². The van der Waals surface area contributed by atoms with Crippen molar-refractivity contribution in [1.29, 1.82) is 0 Å². The zero-order chi connectivity index (χ0) is 25.7. The fourth-order valence-electron chi connectivity index (χ4n) is 5.09. The average Bonchev–Trinajstić information content (AvgIpc) is 3.17. The van der Waals surface area contributed by atoms with Crippen LogP contribution in [0.15, 0.2) is 59.6 Å². The van der Waals surface area contributed by atoms with E-state index in [0.717, 1.165) is 52.5 Å². The first kappa shape index (κ1) is 23.9. The number of amides is 1. The highest BCUT2D eigenvalue weighted by atomic mass is 16.5. The Bertz CT molecular complexity index is 1350. The number of fused-ring (bicyclic) bond motifs is 3. The standard InChI is InChI=1S/C30H32N2O4/c1-29(2)16-20-15-24(35-6)27-23(17-30(3,4)36-27)25(20)26(32-29)18-7-9-19(10-8-18)28(33)31-21-11-13-22(34-5)14-12-21/h7-15H,16-17H2,1-6H3,(H,31,33). The molecular formula is C30H32N2O4. The maximum atomic E-state index is 12.8. The van der Waals surface area contributed by atoms with E-state index in [1.165, 1.54) is 5.56 Å². The Morgan fingerprint density at radius 3 is 2.28 bits per heavy atom. The van der Waals surface area contributed by atoms with Gasteiger partial charge in [0.1, 0.15) is 11.4 Å². The molecule has 0 saturated heterocycles. The van der Waals surface area contributed by atoms with Gasteiger partial charge in [-0.3, -0.25) is 9.79 Å². The minimum Gasteiger partial charge on any atom is -0.497 e. The number of anilines is 1. The number of nitrogens with one attached hydrogen (secondary N) is 1. The Kier molecular flexibility index (Phi) is 5.78. The predicted molar refractivity (Wildman–Crippen MR) is 142 cm³/mol. The molecule has 0 saturated carbocycles. The van der Waals surface area contributed by atoms with Crippen LogP contribution in [0.5, 0.6) is 17.2 Å². The number of hydrogen-bond acceptors (Lipinski definition) is 5. The monoisotopic (exact) mass is 484 g/mol. The number of rotatable bonds is 5. The van der Waals surface area contributed by atoms with Crippen molar-refractivity contribution in [3.8, 4) is 17.2 Å². The Morgan fingerprint density at radius 2 is 1.64 bits per heavy atom. The molecule has 3 aromatic carbocycles. The van der Waals surface area contributed by atoms with Crippen LogP contribution in [0.2, 0.25) is 0 Å². The quantitative estimate of drug-likeness (QED) is 0.494. The van der Waals surface area contributed by atoms with Gasteiger partial charge in [0.15, 0.2) is 11.5 Å². The van der Waals surface area contributed by atoms with Crippen LogP contribution in [-0.2, 0) is 12.8 Å². The normalized spacial score (nSPS) is 16.8. The summed E-state index contributed by atoms with van der Waals surface area (Å²) in [5, 5.41) is 2.94. The van der Waals surface area contributed by atoms with Crippen LogP contribution in [0.4, 0.5) is 5.69 Å². The first-order valence-electron chi connectivity index (χ1n) is 12.2. The molecule has 0 unspecified atom stereocenters. The van der Waals surface area contributed by atoms with E-state index < -0.39 is 0 Å². The van der Waals surface area contributed by atoms with Crippen LogP contribution in [0.25, 0.3) is 0 Å². The number of carbonyl (C=O) groups excluding carboxylic acids is 1. The lowest BCUT2D eigenvalue weighted by atomic mass is 9.81. The predicted octanol–water partition coefficient (Wildman–Crippen LogP) is 5.84. The highest BCUT2D eigenvalue weighted by Crippen LogP contribution is 2.47. The lowest BCUT2D eigenvalue weighted by molar-refractivity contribution is 0.102. The molecule has 1 amide bonds. The smallest absolute Gasteiger partial charge is 0.255 e. The van der Waals surface area contributed by atoms with Gasteiger partial charge in [-0.1, -0.05) is 12.1 Å². The summed E-state index contributed by atoms with van der Waals surface area (Å²) in [5.41, 5.74) is 6.11. The van der Waals surface area contributed by atoms with Crippen molar-refractivity contribution in [3.05, 3.63) is 82.4 Å². The third-order valence-electron chi connectivity index (χ3n) is 6.67. The molecule has 0 spiro atoms. The van der Waals surface area contributed by atoms with Gasteiger partial charge >= 0.3 is 0 Å². The molecule has 0 atom stereocenters. The van der Waals surface area contributed by atoms with Crippen molar-refractivity contribution < 1.29 is 19.0 Å². The first-order valence-corrected chi connectivity index (χ1v) is 12.2. The molecule has 2 aliphatic rings. The van der Waals surface area contributed by atoms with Crippen molar-refractivity contribution in [1.82, 2.24) is 0 Å². The topological polar surface area (TPSA) is 69.2 Å². The number of methoxy groups -OCH3 is 2. The maximum Gasteiger partial charge on any atom is 0.255 e. The molecule has 3 aromatic rings. The zero-order valence-electron chi connectivity index (χ0n) is 21.7. The largest absolute Gasteiger partial charge is 0.497 e. The van der Waals surface area contributed by atoms with Gasteiger partial charge < -0.3 is 19.5 Å². The number of aliphatic imine (C=N–C) groups is 1. The molecule has 6 heteroatoms. The highest BCUT2D eigenvalue weighted by Gasteiger charge is 2.39. The number of nitrogens with zero attached hydrogens (tertiary/aromatic N) is 1. The van der Waals surface area contributed by atoms with E-state index in [-0.39, 0.29) is 17.0 Å². The third-order valence-corrected chi connectivity index (χ3v) is 6.67. The molecule has 1 N–H and O–H groups in total. The van der Waals surface area contributed by atoms with Crippen molar-refractivity contribution in [3.63, 3.8) is 0 Å². The van der Waals surface area contributed by atoms with E-state index in [4.69, 9.17) is 19.2 Å². The number of carbonyl (C=O) groups is 1. The van der Waals surface area contributed by atoms with Crippen LogP contribution >= 0.6 is 0 Å². The molecule has 36 heavy (non-hydrogen) atoms. The van der Waals surface area contributed by atoms with Crippen LogP contribution in [0.3, 0.4) is 0 Å². The lowest BCUT2D eigenvalue weighted by Crippen LogP contribution is -2.30. The van der Waals surface area contributed by atoms with Crippen molar-refractivity contribution in [2.75, 3.05) is 19.5 Å². The maximum absolute atomic E-state index is 12.8. The lowest BCUT2D eigenvalue weighted by Gasteiger charge is -2.31. The van der Waals surface area contributed by atoms with Gasteiger partial charge in [0.2, 0.25) is 0 Å². The third kappa shape index (κ3) is 4.43. The molecule has 6 nitrogen and oxygen atoms in total. The van der Waals surface area contributed by atoms with Crippen LogP contribution in [0, 0.1) is 0 Å². The molecule has 0 aliphatic carbocycles. The second-order valence-corrected chi connectivity index (χ2v) is 10.7. The van der Waals surface area contributed by atoms with E-state index in [2.05, 4.69) is 39.1 Å². The van der Waals surface area contributed by atoms with Gasteiger partial charge in [0.25, 0.3) is 5.91 Å². The minimum absolute atomic E-state index is 0.168. The van der Waals surface area contributed by atoms with Gasteiger partial charge in [0, 0.05) is 34.4 Å². The summed E-state index contributed by atoms with van der Waals surface area (Å²) in [5.74, 6) is 2.16. The molecule has 5 rings (SSSR count). The van der Waals surface area contributed by atoms with Gasteiger partial charge in [-0.15, -0.1) is 0 Å². The molecule has 0 radical (unpaired) electrons. The van der Waals surface area contributed by atoms with Crippen molar-refractivity contribution >= 4 is 17.3 Å². The number of ether oxygens (including phenoxy) is 3. The SMILES string of the molecule is COc1ccc(NC(=O)c2ccc(C3=NC(C)(C)Cc4cc(OC)c5c(c43)CC(C)(C)O5)cc2)cc1. The fraction of sp³-hybridized carbons (Fsp3) is 0.333. The Labute approximate surface area is 212 Å². The van der Waals surface area contributed by atoms with Gasteiger partial charge in [-0.2, -0.15) is 0 Å². The first-order chi connectivity index (χ1) is 17.1. The Hall–Kier alpha value is -3.80. The van der Waals surface area contributed by atoms with Crippen LogP contribution in [0.1, 0.15) is 60.3 Å². The fourth-order valence-corrected chi connectivity index (χ4v) is 5.09. The van der Waals surface area contributed by atoms with E-state index in [9.17, 15) is 4.79 Å². The zero-order valence-corrected chi connectivity index (χ0v) is 21.7. The van der Waals surface area contributed by atoms with Gasteiger partial charge in [0.05, 0.1) is 25.5 Å². The molecule has 2 heterocycles. The van der Waals surface area contributed by atoms with Crippen molar-refractivity contribution in [2.24, 2.45) is 4.99 Å². The highest BCUT2D eigenvalue weighted by molar-refractivity contribution is 6.16. The summed E-state index contributed by atoms with van der Waals surface area (Å²) >= 11 is 0. The average molecular weight is 485 g/mol. The Morgan fingerprint density at radius 1 is 0.944 bits per heavy atom. The molecule has 0 bridgehead atoms. The second kappa shape index (κ2) is 8.70. The van der Waals surface area contributed by atoms with E-state index in [1.807, 2.05) is 48.5 Å². The van der Waals surface area contributed by atoms with Gasteiger partial charge in [-0.25, -0.2) is 0 Å². The van der Waals surface area contributed by atoms with E-state index >= 15 is 0 Å². The van der Waals surface area contributed by atoms with Crippen LogP contribution in [-0.4, -0.2) is 37.0 Å². The van der Waals surface area contributed by atoms with Crippen molar-refractivity contribution in [2.45, 2.75) is 51.7 Å². The molecule has 0 fully saturated rings. The summed E-state index contributed by atoms with van der Waals surface area (Å²) in [6.07, 6.45) is 1.60. The molecule has 0 aromatic heterocycles. The van der Waals surface area contributed by atoms with Crippen LogP contribution < -0.4 is 19.5 Å². The number of hydrogen-bond donors (Lipinski definition) is 1. The summed E-state index contributed by atoms with van der Waals surface area (Å²) in [6.45, 7) is 8.48. The number of benzene rings is 3. The summed E-state index contributed by atoms with van der Waals surface area (Å²) in [4.78, 5) is 18.0. The molecule has 186 valence electrons. The summed E-state index contributed by atoms with van der Waals surface area (Å²) < 4.78 is 17.2. The van der Waals surface area contributed by atoms with Gasteiger partial charge in [-0.05, 0) is 82.1 Å². The van der Waals surface area contributed by atoms with E-state index in [1.54, 1.807) is 14.2 Å². The summed E-state index contributed by atoms with van der Waals surface area (Å²) in [7, 11) is 3.30. The summed E-state index contributed by atoms with van der Waals surface area (Å²) in [6, 6.07) is 17.0. The second-order valence-electron chi connectivity index (χ2n) is 10.7. The minimum atomic E-state index is -0.313. The molecule has 2 aliphatic heterocycles. The Balaban J connectivity index is 1.49. The molecular weight excluding hydrogens is 452 g/mol.